The SMILES string of the molecule is Cn1nnnc1N1CCC(NC(=O)[C@H]2Cc3ccccc3S2)CC1. The average Bonchev–Trinajstić information content (AvgIpc) is 3.21. The van der Waals surface area contributed by atoms with Crippen molar-refractivity contribution in [2.75, 3.05) is 18.0 Å². The molecule has 2 aromatic rings. The van der Waals surface area contributed by atoms with E-state index in [1.54, 1.807) is 16.4 Å². The molecule has 4 rings (SSSR count). The molecule has 0 radical (unpaired) electrons. The van der Waals surface area contributed by atoms with Crippen LogP contribution in [0.2, 0.25) is 0 Å². The minimum Gasteiger partial charge on any atom is -0.352 e. The van der Waals surface area contributed by atoms with Gasteiger partial charge < -0.3 is 10.2 Å². The quantitative estimate of drug-likeness (QED) is 0.896. The molecule has 126 valence electrons. The van der Waals surface area contributed by atoms with E-state index in [2.05, 4.69) is 37.9 Å². The van der Waals surface area contributed by atoms with Crippen LogP contribution in [-0.4, -0.2) is 50.5 Å². The maximum Gasteiger partial charge on any atom is 0.245 e. The standard InChI is InChI=1S/C16H20N6OS/c1-21-16(18-19-20-21)22-8-6-12(7-9-22)17-15(23)14-10-11-4-2-3-5-13(11)24-14/h2-5,12,14H,6-10H2,1H3,(H,17,23)/t14-/m1/s1. The number of benzene rings is 1. The predicted octanol–water partition coefficient (Wildman–Crippen LogP) is 1.01. The molecule has 2 aliphatic heterocycles. The van der Waals surface area contributed by atoms with Crippen molar-refractivity contribution >= 4 is 23.6 Å². The molecule has 3 heterocycles. The topological polar surface area (TPSA) is 75.9 Å². The van der Waals surface area contributed by atoms with E-state index in [-0.39, 0.29) is 17.2 Å². The van der Waals surface area contributed by atoms with Gasteiger partial charge in [-0.1, -0.05) is 23.3 Å². The summed E-state index contributed by atoms with van der Waals surface area (Å²) in [4.78, 5) is 16.0. The van der Waals surface area contributed by atoms with E-state index in [1.165, 1.54) is 10.5 Å². The van der Waals surface area contributed by atoms with E-state index in [9.17, 15) is 4.79 Å². The van der Waals surface area contributed by atoms with Crippen molar-refractivity contribution in [1.82, 2.24) is 25.5 Å². The summed E-state index contributed by atoms with van der Waals surface area (Å²) in [5.74, 6) is 0.955. The van der Waals surface area contributed by atoms with E-state index < -0.39 is 0 Å². The van der Waals surface area contributed by atoms with Gasteiger partial charge in [0.1, 0.15) is 0 Å². The zero-order valence-electron chi connectivity index (χ0n) is 13.6. The van der Waals surface area contributed by atoms with Gasteiger partial charge in [0.05, 0.1) is 5.25 Å². The highest BCUT2D eigenvalue weighted by atomic mass is 32.2. The Balaban J connectivity index is 1.30. The molecule has 0 spiro atoms. The zero-order valence-corrected chi connectivity index (χ0v) is 14.4. The summed E-state index contributed by atoms with van der Waals surface area (Å²) in [6.45, 7) is 1.72. The second-order valence-electron chi connectivity index (χ2n) is 6.29. The Labute approximate surface area is 144 Å². The lowest BCUT2D eigenvalue weighted by Crippen LogP contribution is -2.47. The van der Waals surface area contributed by atoms with Crippen LogP contribution in [0.3, 0.4) is 0 Å². The van der Waals surface area contributed by atoms with Crippen LogP contribution in [0.15, 0.2) is 29.2 Å². The number of aryl methyl sites for hydroxylation is 1. The Bertz CT molecular complexity index is 715. The molecule has 24 heavy (non-hydrogen) atoms. The highest BCUT2D eigenvalue weighted by molar-refractivity contribution is 8.01. The molecule has 0 bridgehead atoms. The van der Waals surface area contributed by atoms with Gasteiger partial charge in [0, 0.05) is 31.1 Å². The predicted molar refractivity (Wildman–Crippen MR) is 92.0 cm³/mol. The van der Waals surface area contributed by atoms with Crippen molar-refractivity contribution in [3.05, 3.63) is 29.8 Å². The molecule has 8 heteroatoms. The Kier molecular flexibility index (Phi) is 4.13. The van der Waals surface area contributed by atoms with Crippen molar-refractivity contribution in [2.24, 2.45) is 7.05 Å². The number of anilines is 1. The Morgan fingerprint density at radius 1 is 1.29 bits per heavy atom. The minimum atomic E-state index is 0.00312. The monoisotopic (exact) mass is 344 g/mol. The maximum atomic E-state index is 12.6. The van der Waals surface area contributed by atoms with Crippen LogP contribution in [0.1, 0.15) is 18.4 Å². The fourth-order valence-electron chi connectivity index (χ4n) is 3.34. The lowest BCUT2D eigenvalue weighted by molar-refractivity contribution is -0.121. The van der Waals surface area contributed by atoms with Crippen molar-refractivity contribution in [3.8, 4) is 0 Å². The van der Waals surface area contributed by atoms with Gasteiger partial charge in [0.15, 0.2) is 0 Å². The van der Waals surface area contributed by atoms with Gasteiger partial charge >= 0.3 is 0 Å². The Hall–Kier alpha value is -2.09. The fraction of sp³-hybridized carbons (Fsp3) is 0.500. The third kappa shape index (κ3) is 2.98. The van der Waals surface area contributed by atoms with Crippen molar-refractivity contribution in [3.63, 3.8) is 0 Å². The van der Waals surface area contributed by atoms with Crippen LogP contribution in [0.25, 0.3) is 0 Å². The van der Waals surface area contributed by atoms with Gasteiger partial charge in [-0.25, -0.2) is 4.68 Å². The van der Waals surface area contributed by atoms with E-state index in [0.717, 1.165) is 38.3 Å². The van der Waals surface area contributed by atoms with Gasteiger partial charge in [-0.2, -0.15) is 0 Å². The molecule has 1 saturated heterocycles. The van der Waals surface area contributed by atoms with E-state index in [0.29, 0.717) is 0 Å². The van der Waals surface area contributed by atoms with Crippen LogP contribution < -0.4 is 10.2 Å². The third-order valence-corrected chi connectivity index (χ3v) is 5.98. The molecule has 1 fully saturated rings. The summed E-state index contributed by atoms with van der Waals surface area (Å²) in [6, 6.07) is 8.52. The molecular formula is C16H20N6OS. The molecule has 0 aliphatic carbocycles. The second kappa shape index (κ2) is 6.43. The number of hydrogen-bond acceptors (Lipinski definition) is 6. The number of thioether (sulfide) groups is 1. The van der Waals surface area contributed by atoms with E-state index in [4.69, 9.17) is 0 Å². The van der Waals surface area contributed by atoms with Crippen LogP contribution in [0.4, 0.5) is 5.95 Å². The molecular weight excluding hydrogens is 324 g/mol. The first-order chi connectivity index (χ1) is 11.7. The number of piperidine rings is 1. The summed E-state index contributed by atoms with van der Waals surface area (Å²) >= 11 is 1.68. The number of amides is 1. The first kappa shape index (κ1) is 15.4. The van der Waals surface area contributed by atoms with Crippen LogP contribution in [-0.2, 0) is 18.3 Å². The summed E-state index contributed by atoms with van der Waals surface area (Å²) in [5, 5.41) is 14.8. The van der Waals surface area contributed by atoms with E-state index in [1.807, 2.05) is 19.2 Å². The van der Waals surface area contributed by atoms with Crippen LogP contribution in [0.5, 0.6) is 0 Å². The average molecular weight is 344 g/mol. The molecule has 1 aromatic carbocycles. The number of fused-ring (bicyclic) bond motifs is 1. The minimum absolute atomic E-state index is 0.00312. The molecule has 0 unspecified atom stereocenters. The summed E-state index contributed by atoms with van der Waals surface area (Å²) in [6.07, 6.45) is 2.67. The molecule has 7 nitrogen and oxygen atoms in total. The maximum absolute atomic E-state index is 12.6. The smallest absolute Gasteiger partial charge is 0.245 e. The molecule has 1 atom stereocenters. The number of nitrogens with one attached hydrogen (secondary N) is 1. The Morgan fingerprint density at radius 2 is 2.08 bits per heavy atom. The van der Waals surface area contributed by atoms with Gasteiger partial charge in [-0.15, -0.1) is 11.8 Å². The third-order valence-electron chi connectivity index (χ3n) is 4.66. The van der Waals surface area contributed by atoms with Gasteiger partial charge in [-0.05, 0) is 41.3 Å². The van der Waals surface area contributed by atoms with Crippen LogP contribution >= 0.6 is 11.8 Å². The lowest BCUT2D eigenvalue weighted by Gasteiger charge is -2.32. The second-order valence-corrected chi connectivity index (χ2v) is 7.54. The van der Waals surface area contributed by atoms with Gasteiger partial charge in [-0.3, -0.25) is 4.79 Å². The molecule has 2 aliphatic rings. The van der Waals surface area contributed by atoms with Gasteiger partial charge in [0.25, 0.3) is 0 Å². The lowest BCUT2D eigenvalue weighted by atomic mass is 10.0. The highest BCUT2D eigenvalue weighted by Gasteiger charge is 2.30. The summed E-state index contributed by atoms with van der Waals surface area (Å²) < 4.78 is 1.69. The summed E-state index contributed by atoms with van der Waals surface area (Å²) in [5.41, 5.74) is 1.28. The molecule has 0 saturated carbocycles. The highest BCUT2D eigenvalue weighted by Crippen LogP contribution is 2.36. The van der Waals surface area contributed by atoms with E-state index >= 15 is 0 Å². The number of rotatable bonds is 3. The fourth-order valence-corrected chi connectivity index (χ4v) is 4.54. The number of aromatic nitrogens is 4. The number of hydrogen-bond donors (Lipinski definition) is 1. The largest absolute Gasteiger partial charge is 0.352 e. The molecule has 1 amide bonds. The Morgan fingerprint density at radius 3 is 2.79 bits per heavy atom. The number of carbonyl (C=O) groups is 1. The normalized spacial score (nSPS) is 20.9. The molecule has 1 aromatic heterocycles. The zero-order chi connectivity index (χ0) is 16.5. The van der Waals surface area contributed by atoms with Gasteiger partial charge in [0.2, 0.25) is 11.9 Å². The van der Waals surface area contributed by atoms with Crippen molar-refractivity contribution in [1.29, 1.82) is 0 Å². The number of carbonyl (C=O) groups excluding carboxylic acids is 1. The van der Waals surface area contributed by atoms with Crippen molar-refractivity contribution < 1.29 is 4.79 Å². The van der Waals surface area contributed by atoms with Crippen LogP contribution in [0, 0.1) is 0 Å². The first-order valence-electron chi connectivity index (χ1n) is 8.23. The van der Waals surface area contributed by atoms with Crippen molar-refractivity contribution in [2.45, 2.75) is 35.4 Å². The number of nitrogens with zero attached hydrogens (tertiary/aromatic N) is 5. The number of tetrazole rings is 1. The first-order valence-corrected chi connectivity index (χ1v) is 9.11. The summed E-state index contributed by atoms with van der Waals surface area (Å²) in [7, 11) is 1.85. The molecule has 1 N–H and O–H groups in total.